The molecule has 1 amide bonds. The highest BCUT2D eigenvalue weighted by Crippen LogP contribution is 2.55. The highest BCUT2D eigenvalue weighted by atomic mass is 19.4. The van der Waals surface area contributed by atoms with Gasteiger partial charge in [0.2, 0.25) is 0 Å². The average molecular weight is 436 g/mol. The van der Waals surface area contributed by atoms with E-state index in [1.165, 1.54) is 6.08 Å². The Bertz CT molecular complexity index is 928. The summed E-state index contributed by atoms with van der Waals surface area (Å²) in [6.07, 6.45) is 2.72. The maximum Gasteiger partial charge on any atom is 0.434 e. The molecule has 0 aliphatic heterocycles. The molecule has 2 unspecified atom stereocenters. The summed E-state index contributed by atoms with van der Waals surface area (Å²) in [7, 11) is 0. The fourth-order valence-electron chi connectivity index (χ4n) is 5.91. The maximum atomic E-state index is 13.8. The van der Waals surface area contributed by atoms with Gasteiger partial charge in [-0.05, 0) is 55.3 Å². The third-order valence-corrected chi connectivity index (χ3v) is 7.05. The van der Waals surface area contributed by atoms with Gasteiger partial charge in [0, 0.05) is 18.7 Å². The molecule has 31 heavy (non-hydrogen) atoms. The van der Waals surface area contributed by atoms with Gasteiger partial charge in [-0.15, -0.1) is 0 Å². The number of nitriles is 1. The zero-order valence-corrected chi connectivity index (χ0v) is 17.6. The zero-order valence-electron chi connectivity index (χ0n) is 17.6. The van der Waals surface area contributed by atoms with Crippen molar-refractivity contribution in [2.45, 2.75) is 70.2 Å². The molecular weight excluding hydrogens is 409 g/mol. The number of aromatic nitrogens is 2. The molecule has 0 saturated heterocycles. The number of rotatable bonds is 5. The first-order valence-electron chi connectivity index (χ1n) is 10.6. The summed E-state index contributed by atoms with van der Waals surface area (Å²) in [5, 5.41) is 26.2. The Balaban J connectivity index is 1.57. The van der Waals surface area contributed by atoms with Crippen LogP contribution in [-0.4, -0.2) is 32.4 Å². The van der Waals surface area contributed by atoms with Crippen LogP contribution in [0, 0.1) is 34.5 Å². The van der Waals surface area contributed by atoms with Crippen LogP contribution in [0.3, 0.4) is 0 Å². The van der Waals surface area contributed by atoms with Gasteiger partial charge in [-0.2, -0.15) is 23.5 Å². The number of aliphatic hydroxyl groups is 1. The molecule has 168 valence electrons. The van der Waals surface area contributed by atoms with Crippen molar-refractivity contribution in [1.82, 2.24) is 15.1 Å². The standard InChI is InChI=1S/C22H27F3N4O2/c1-20(2,3-5-26)4-6-29-18(22(23,24)25)16(12-27-29)19(30)28-17-14-7-13-8-15(17)11-21(31,9-13)10-14/h4,6,12-15,17,31H,3,7-11H2,1-2H3,(H,28,30). The molecule has 4 aliphatic rings. The first-order chi connectivity index (χ1) is 14.4. The van der Waals surface area contributed by atoms with Crippen LogP contribution >= 0.6 is 0 Å². The van der Waals surface area contributed by atoms with Crippen molar-refractivity contribution >= 4 is 12.1 Å². The largest absolute Gasteiger partial charge is 0.434 e. The molecule has 4 aliphatic carbocycles. The number of hydrogen-bond donors (Lipinski definition) is 2. The van der Waals surface area contributed by atoms with Crippen LogP contribution in [0.2, 0.25) is 0 Å². The fourth-order valence-corrected chi connectivity index (χ4v) is 5.91. The van der Waals surface area contributed by atoms with Crippen molar-refractivity contribution in [3.05, 3.63) is 23.5 Å². The summed E-state index contributed by atoms with van der Waals surface area (Å²) in [6, 6.07) is 1.78. The molecule has 1 heterocycles. The number of allylic oxidation sites excluding steroid dienone is 1. The van der Waals surface area contributed by atoms with E-state index in [0.29, 0.717) is 23.4 Å². The molecule has 4 saturated carbocycles. The Morgan fingerprint density at radius 2 is 2.00 bits per heavy atom. The predicted molar refractivity (Wildman–Crippen MR) is 106 cm³/mol. The Hall–Kier alpha value is -2.34. The third-order valence-electron chi connectivity index (χ3n) is 7.05. The SMILES string of the molecule is CC(C)(C=Cn1ncc(C(=O)NC2C3CC4CC2CC(O)(C4)C3)c1C(F)(F)F)CC#N. The summed E-state index contributed by atoms with van der Waals surface area (Å²) in [5.74, 6) is -0.161. The Morgan fingerprint density at radius 3 is 2.55 bits per heavy atom. The Kier molecular flexibility index (Phi) is 5.20. The van der Waals surface area contributed by atoms with E-state index in [0.717, 1.165) is 31.7 Å². The number of alkyl halides is 3. The number of amides is 1. The normalized spacial score (nSPS) is 32.4. The van der Waals surface area contributed by atoms with E-state index in [-0.39, 0.29) is 24.3 Å². The van der Waals surface area contributed by atoms with Crippen LogP contribution in [0.1, 0.15) is 68.4 Å². The summed E-state index contributed by atoms with van der Waals surface area (Å²) in [4.78, 5) is 12.9. The third kappa shape index (κ3) is 4.22. The molecule has 0 radical (unpaired) electrons. The molecule has 0 aromatic carbocycles. The monoisotopic (exact) mass is 436 g/mol. The predicted octanol–water partition coefficient (Wildman–Crippen LogP) is 3.98. The fraction of sp³-hybridized carbons (Fsp3) is 0.682. The first kappa shape index (κ1) is 21.9. The van der Waals surface area contributed by atoms with Gasteiger partial charge in [-0.1, -0.05) is 19.9 Å². The lowest BCUT2D eigenvalue weighted by Crippen LogP contribution is -2.61. The topological polar surface area (TPSA) is 90.9 Å². The molecule has 6 nitrogen and oxygen atoms in total. The van der Waals surface area contributed by atoms with Crippen LogP contribution in [-0.2, 0) is 6.18 Å². The van der Waals surface area contributed by atoms with Crippen LogP contribution in [0.25, 0.3) is 6.20 Å². The zero-order chi connectivity index (χ0) is 22.6. The van der Waals surface area contributed by atoms with Crippen molar-refractivity contribution in [1.29, 1.82) is 5.26 Å². The minimum Gasteiger partial charge on any atom is -0.390 e. The first-order valence-corrected chi connectivity index (χ1v) is 10.6. The van der Waals surface area contributed by atoms with E-state index in [1.807, 2.05) is 6.07 Å². The molecule has 9 heteroatoms. The van der Waals surface area contributed by atoms with E-state index in [4.69, 9.17) is 5.26 Å². The number of carbonyl (C=O) groups is 1. The van der Waals surface area contributed by atoms with Crippen molar-refractivity contribution in [2.24, 2.45) is 23.2 Å². The molecular formula is C22H27F3N4O2. The molecule has 0 spiro atoms. The van der Waals surface area contributed by atoms with E-state index in [2.05, 4.69) is 10.4 Å². The summed E-state index contributed by atoms with van der Waals surface area (Å²) < 4.78 is 42.1. The molecule has 1 aromatic heterocycles. The maximum absolute atomic E-state index is 13.8. The summed E-state index contributed by atoms with van der Waals surface area (Å²) in [6.45, 7) is 3.47. The van der Waals surface area contributed by atoms with E-state index in [1.54, 1.807) is 13.8 Å². The van der Waals surface area contributed by atoms with Gasteiger partial charge in [0.05, 0.1) is 23.4 Å². The average Bonchev–Trinajstić information content (AvgIpc) is 3.06. The highest BCUT2D eigenvalue weighted by molar-refractivity contribution is 5.95. The minimum absolute atomic E-state index is 0.0938. The lowest BCUT2D eigenvalue weighted by Gasteiger charge is -2.58. The quantitative estimate of drug-likeness (QED) is 0.730. The van der Waals surface area contributed by atoms with Crippen molar-refractivity contribution in [3.63, 3.8) is 0 Å². The molecule has 4 fully saturated rings. The van der Waals surface area contributed by atoms with Gasteiger partial charge in [0.1, 0.15) is 0 Å². The Morgan fingerprint density at radius 1 is 1.35 bits per heavy atom. The van der Waals surface area contributed by atoms with Gasteiger partial charge in [0.15, 0.2) is 5.69 Å². The number of carbonyl (C=O) groups excluding carboxylic acids is 1. The molecule has 2 N–H and O–H groups in total. The molecule has 2 atom stereocenters. The van der Waals surface area contributed by atoms with Gasteiger partial charge >= 0.3 is 6.18 Å². The van der Waals surface area contributed by atoms with Crippen molar-refractivity contribution in [2.75, 3.05) is 0 Å². The molecule has 4 bridgehead atoms. The molecule has 1 aromatic rings. The van der Waals surface area contributed by atoms with Gasteiger partial charge < -0.3 is 10.4 Å². The van der Waals surface area contributed by atoms with Crippen LogP contribution < -0.4 is 5.32 Å². The van der Waals surface area contributed by atoms with E-state index in [9.17, 15) is 23.1 Å². The van der Waals surface area contributed by atoms with Crippen LogP contribution in [0.4, 0.5) is 13.2 Å². The number of nitrogens with zero attached hydrogens (tertiary/aromatic N) is 3. The summed E-state index contributed by atoms with van der Waals surface area (Å²) in [5.41, 5.74) is -2.95. The van der Waals surface area contributed by atoms with E-state index < -0.39 is 34.4 Å². The van der Waals surface area contributed by atoms with Crippen LogP contribution in [0.5, 0.6) is 0 Å². The smallest absolute Gasteiger partial charge is 0.390 e. The highest BCUT2D eigenvalue weighted by Gasteiger charge is 2.55. The lowest BCUT2D eigenvalue weighted by molar-refractivity contribution is -0.143. The van der Waals surface area contributed by atoms with Crippen molar-refractivity contribution in [3.8, 4) is 6.07 Å². The second-order valence-electron chi connectivity index (χ2n) is 10.2. The van der Waals surface area contributed by atoms with Crippen molar-refractivity contribution < 1.29 is 23.1 Å². The number of nitrogens with one attached hydrogen (secondary N) is 1. The molecule has 5 rings (SSSR count). The number of hydrogen-bond acceptors (Lipinski definition) is 4. The number of halogens is 3. The van der Waals surface area contributed by atoms with E-state index >= 15 is 0 Å². The second kappa shape index (κ2) is 7.37. The lowest BCUT2D eigenvalue weighted by atomic mass is 9.52. The minimum atomic E-state index is -4.77. The van der Waals surface area contributed by atoms with Gasteiger partial charge in [-0.25, -0.2) is 4.68 Å². The second-order valence-corrected chi connectivity index (χ2v) is 10.2. The summed E-state index contributed by atoms with van der Waals surface area (Å²) >= 11 is 0. The Labute approximate surface area is 179 Å². The van der Waals surface area contributed by atoms with Gasteiger partial charge in [0.25, 0.3) is 5.91 Å². The van der Waals surface area contributed by atoms with Crippen LogP contribution in [0.15, 0.2) is 12.3 Å². The van der Waals surface area contributed by atoms with Gasteiger partial charge in [-0.3, -0.25) is 4.79 Å².